The van der Waals surface area contributed by atoms with Crippen molar-refractivity contribution in [3.63, 3.8) is 0 Å². The Morgan fingerprint density at radius 2 is 2.00 bits per heavy atom. The van der Waals surface area contributed by atoms with Crippen LogP contribution in [0.2, 0.25) is 0 Å². The van der Waals surface area contributed by atoms with E-state index in [1.165, 1.54) is 0 Å². The molecule has 0 aromatic heterocycles. The fourth-order valence-corrected chi connectivity index (χ4v) is 0.911. The van der Waals surface area contributed by atoms with E-state index in [0.717, 1.165) is 18.4 Å². The van der Waals surface area contributed by atoms with Crippen LogP contribution in [-0.2, 0) is 4.79 Å². The van der Waals surface area contributed by atoms with E-state index in [2.05, 4.69) is 0 Å². The number of aliphatic carboxylic acids is 1. The summed E-state index contributed by atoms with van der Waals surface area (Å²) in [5.41, 5.74) is 4.53. The van der Waals surface area contributed by atoms with Gasteiger partial charge < -0.3 is 21.1 Å². The molecule has 5 N–H and O–H groups in total. The lowest BCUT2D eigenvalue weighted by Gasteiger charge is -2.30. The summed E-state index contributed by atoms with van der Waals surface area (Å²) in [7, 11) is 0. The standard InChI is InChI=1S/C7H8N2O5/c8-6(12)9-3-4(5(10)11)1-2-7(9,13)14/h1-3,13-14H,(H2,8,12)(H,10,11). The zero-order valence-electron chi connectivity index (χ0n) is 6.91. The van der Waals surface area contributed by atoms with Gasteiger partial charge in [0.1, 0.15) is 0 Å². The van der Waals surface area contributed by atoms with Gasteiger partial charge in [0.2, 0.25) is 0 Å². The molecule has 0 fully saturated rings. The molecule has 0 unspecified atom stereocenters. The number of primary amides is 1. The molecular weight excluding hydrogens is 192 g/mol. The number of aliphatic hydroxyl groups is 2. The molecule has 14 heavy (non-hydrogen) atoms. The summed E-state index contributed by atoms with van der Waals surface area (Å²) < 4.78 is 0. The number of rotatable bonds is 1. The van der Waals surface area contributed by atoms with Crippen molar-refractivity contribution >= 4 is 12.0 Å². The van der Waals surface area contributed by atoms with Gasteiger partial charge in [-0.1, -0.05) is 0 Å². The molecule has 7 nitrogen and oxygen atoms in total. The average Bonchev–Trinajstić information content (AvgIpc) is 2.02. The second kappa shape index (κ2) is 3.13. The predicted octanol–water partition coefficient (Wildman–Crippen LogP) is -1.46. The SMILES string of the molecule is NC(=O)N1C=C(C(=O)O)C=CC1(O)O. The number of nitrogens with two attached hydrogens (primary N) is 1. The minimum Gasteiger partial charge on any atom is -0.478 e. The molecule has 1 aliphatic heterocycles. The van der Waals surface area contributed by atoms with Crippen molar-refractivity contribution in [1.82, 2.24) is 4.90 Å². The van der Waals surface area contributed by atoms with Crippen LogP contribution in [0.4, 0.5) is 4.79 Å². The molecule has 7 heteroatoms. The topological polar surface area (TPSA) is 124 Å². The summed E-state index contributed by atoms with van der Waals surface area (Å²) in [5.74, 6) is -3.88. The molecule has 1 rings (SSSR count). The Hall–Kier alpha value is -1.86. The summed E-state index contributed by atoms with van der Waals surface area (Å²) in [5, 5.41) is 26.9. The maximum atomic E-state index is 10.7. The number of nitrogens with zero attached hydrogens (tertiary/aromatic N) is 1. The summed E-state index contributed by atoms with van der Waals surface area (Å²) >= 11 is 0. The van der Waals surface area contributed by atoms with E-state index in [1.54, 1.807) is 0 Å². The summed E-state index contributed by atoms with van der Waals surface area (Å²) in [6, 6.07) is -1.17. The van der Waals surface area contributed by atoms with Gasteiger partial charge in [0.25, 0.3) is 5.91 Å². The van der Waals surface area contributed by atoms with Crippen LogP contribution >= 0.6 is 0 Å². The van der Waals surface area contributed by atoms with Crippen LogP contribution in [0, 0.1) is 0 Å². The van der Waals surface area contributed by atoms with Crippen LogP contribution in [0.3, 0.4) is 0 Å². The summed E-state index contributed by atoms with van der Waals surface area (Å²) in [6.07, 6.45) is 2.44. The largest absolute Gasteiger partial charge is 0.478 e. The first-order valence-corrected chi connectivity index (χ1v) is 3.52. The van der Waals surface area contributed by atoms with Crippen molar-refractivity contribution in [2.45, 2.75) is 5.91 Å². The van der Waals surface area contributed by atoms with Gasteiger partial charge in [0, 0.05) is 6.20 Å². The van der Waals surface area contributed by atoms with E-state index >= 15 is 0 Å². The van der Waals surface area contributed by atoms with E-state index < -0.39 is 17.9 Å². The zero-order chi connectivity index (χ0) is 10.9. The number of hydrogen-bond acceptors (Lipinski definition) is 4. The second-order valence-electron chi connectivity index (χ2n) is 2.62. The van der Waals surface area contributed by atoms with Crippen molar-refractivity contribution in [2.24, 2.45) is 5.73 Å². The number of carbonyl (C=O) groups excluding carboxylic acids is 1. The Labute approximate surface area is 78.3 Å². The lowest BCUT2D eigenvalue weighted by Crippen LogP contribution is -2.51. The van der Waals surface area contributed by atoms with Gasteiger partial charge in [-0.15, -0.1) is 0 Å². The first-order valence-electron chi connectivity index (χ1n) is 3.52. The Balaban J connectivity index is 3.07. The molecule has 1 heterocycles. The second-order valence-corrected chi connectivity index (χ2v) is 2.62. The maximum Gasteiger partial charge on any atom is 0.337 e. The molecule has 0 bridgehead atoms. The predicted molar refractivity (Wildman–Crippen MR) is 43.4 cm³/mol. The smallest absolute Gasteiger partial charge is 0.337 e. The van der Waals surface area contributed by atoms with E-state index in [9.17, 15) is 9.59 Å². The molecule has 2 amide bonds. The van der Waals surface area contributed by atoms with Crippen LogP contribution in [0.5, 0.6) is 0 Å². The van der Waals surface area contributed by atoms with Crippen LogP contribution in [0.25, 0.3) is 0 Å². The highest BCUT2D eigenvalue weighted by Gasteiger charge is 2.34. The van der Waals surface area contributed by atoms with Crippen molar-refractivity contribution < 1.29 is 24.9 Å². The van der Waals surface area contributed by atoms with Crippen molar-refractivity contribution in [3.8, 4) is 0 Å². The Kier molecular flexibility index (Phi) is 2.28. The molecule has 76 valence electrons. The third kappa shape index (κ3) is 1.73. The van der Waals surface area contributed by atoms with Crippen LogP contribution in [0.1, 0.15) is 0 Å². The molecule has 0 spiro atoms. The molecule has 0 atom stereocenters. The van der Waals surface area contributed by atoms with Gasteiger partial charge in [-0.05, 0) is 12.2 Å². The zero-order valence-corrected chi connectivity index (χ0v) is 6.91. The van der Waals surface area contributed by atoms with Crippen molar-refractivity contribution in [2.75, 3.05) is 0 Å². The van der Waals surface area contributed by atoms with Gasteiger partial charge in [0.05, 0.1) is 5.57 Å². The molecule has 0 aliphatic carbocycles. The van der Waals surface area contributed by atoms with Gasteiger partial charge in [-0.25, -0.2) is 14.5 Å². The third-order valence-electron chi connectivity index (χ3n) is 1.59. The molecule has 0 radical (unpaired) electrons. The third-order valence-corrected chi connectivity index (χ3v) is 1.59. The molecule has 0 aromatic carbocycles. The van der Waals surface area contributed by atoms with Gasteiger partial charge >= 0.3 is 12.0 Å². The Morgan fingerprint density at radius 3 is 2.43 bits per heavy atom. The van der Waals surface area contributed by atoms with Crippen LogP contribution < -0.4 is 5.73 Å². The monoisotopic (exact) mass is 200 g/mol. The molecule has 0 aromatic rings. The van der Waals surface area contributed by atoms with Crippen molar-refractivity contribution in [3.05, 3.63) is 23.9 Å². The fraction of sp³-hybridized carbons (Fsp3) is 0.143. The number of carbonyl (C=O) groups is 2. The molecule has 1 aliphatic rings. The first-order chi connectivity index (χ1) is 6.34. The number of urea groups is 1. The lowest BCUT2D eigenvalue weighted by molar-refractivity contribution is -0.191. The Morgan fingerprint density at radius 1 is 1.43 bits per heavy atom. The highest BCUT2D eigenvalue weighted by atomic mass is 16.5. The summed E-state index contributed by atoms with van der Waals surface area (Å²) in [6.45, 7) is 0. The van der Waals surface area contributed by atoms with E-state index in [4.69, 9.17) is 21.1 Å². The van der Waals surface area contributed by atoms with Crippen LogP contribution in [-0.4, -0.2) is 38.1 Å². The number of hydrogen-bond donors (Lipinski definition) is 4. The molecular formula is C7H8N2O5. The van der Waals surface area contributed by atoms with Gasteiger partial charge in [-0.3, -0.25) is 0 Å². The minimum atomic E-state index is -2.58. The molecule has 0 saturated carbocycles. The highest BCUT2D eigenvalue weighted by molar-refractivity contribution is 5.91. The maximum absolute atomic E-state index is 10.7. The van der Waals surface area contributed by atoms with Gasteiger partial charge in [-0.2, -0.15) is 0 Å². The molecule has 0 saturated heterocycles. The number of carboxylic acids is 1. The summed E-state index contributed by atoms with van der Waals surface area (Å²) in [4.78, 5) is 21.5. The fourth-order valence-electron chi connectivity index (χ4n) is 0.911. The van der Waals surface area contributed by atoms with Crippen molar-refractivity contribution in [1.29, 1.82) is 0 Å². The van der Waals surface area contributed by atoms with E-state index in [1.807, 2.05) is 0 Å². The lowest BCUT2D eigenvalue weighted by atomic mass is 10.2. The number of carboxylic acid groups (broad SMARTS) is 1. The highest BCUT2D eigenvalue weighted by Crippen LogP contribution is 2.19. The normalized spacial score (nSPS) is 19.0. The average molecular weight is 200 g/mol. The first kappa shape index (κ1) is 10.2. The quantitative estimate of drug-likeness (QED) is 0.385. The van der Waals surface area contributed by atoms with E-state index in [0.29, 0.717) is 4.90 Å². The number of amides is 2. The van der Waals surface area contributed by atoms with Crippen LogP contribution in [0.15, 0.2) is 23.9 Å². The Bertz CT molecular complexity index is 344. The van der Waals surface area contributed by atoms with Gasteiger partial charge in [0.15, 0.2) is 0 Å². The van der Waals surface area contributed by atoms with E-state index in [-0.39, 0.29) is 5.57 Å². The minimum absolute atomic E-state index is 0.275.